The van der Waals surface area contributed by atoms with E-state index >= 15 is 0 Å². The molecule has 0 aliphatic rings. The Morgan fingerprint density at radius 3 is 1.65 bits per heavy atom. The first-order valence-electron chi connectivity index (χ1n) is 19.4. The maximum absolute atomic E-state index is 6.88. The maximum atomic E-state index is 6.88. The molecule has 0 unspecified atom stereocenters. The van der Waals surface area contributed by atoms with E-state index in [2.05, 4.69) is 201 Å². The van der Waals surface area contributed by atoms with E-state index < -0.39 is 0 Å². The molecule has 0 radical (unpaired) electrons. The van der Waals surface area contributed by atoms with Crippen LogP contribution in [0.5, 0.6) is 0 Å². The SMILES string of the molecule is Cc1c(-c2cccc(-c3cccc4oc5c(-c6cccc7c6sc6c(-c8ccccc8)cccc67)cccc5c34)c2)cc(-c2ccccc2)nc1-c1ccccc1. The van der Waals surface area contributed by atoms with Gasteiger partial charge in [-0.1, -0.05) is 176 Å². The van der Waals surface area contributed by atoms with Gasteiger partial charge in [-0.2, -0.15) is 0 Å². The van der Waals surface area contributed by atoms with Gasteiger partial charge in [0.05, 0.1) is 11.4 Å². The highest BCUT2D eigenvalue weighted by Crippen LogP contribution is 2.47. The summed E-state index contributed by atoms with van der Waals surface area (Å²) in [7, 11) is 0. The van der Waals surface area contributed by atoms with Crippen LogP contribution in [0.1, 0.15) is 5.56 Å². The van der Waals surface area contributed by atoms with E-state index in [0.717, 1.165) is 72.3 Å². The van der Waals surface area contributed by atoms with Crippen LogP contribution >= 0.6 is 11.3 Å². The average Bonchev–Trinajstić information content (AvgIpc) is 3.87. The second-order valence-electron chi connectivity index (χ2n) is 14.6. The third-order valence-electron chi connectivity index (χ3n) is 11.3. The molecule has 0 amide bonds. The van der Waals surface area contributed by atoms with Gasteiger partial charge < -0.3 is 4.42 Å². The van der Waals surface area contributed by atoms with Crippen molar-refractivity contribution in [2.24, 2.45) is 0 Å². The second kappa shape index (κ2) is 13.6. The van der Waals surface area contributed by atoms with Crippen molar-refractivity contribution in [3.63, 3.8) is 0 Å². The van der Waals surface area contributed by atoms with Crippen molar-refractivity contribution in [3.05, 3.63) is 200 Å². The fourth-order valence-electron chi connectivity index (χ4n) is 8.57. The third kappa shape index (κ3) is 5.58. The second-order valence-corrected chi connectivity index (χ2v) is 15.7. The Hall–Kier alpha value is -7.07. The van der Waals surface area contributed by atoms with Gasteiger partial charge in [0.2, 0.25) is 0 Å². The molecule has 0 saturated carbocycles. The Labute approximate surface area is 335 Å². The summed E-state index contributed by atoms with van der Waals surface area (Å²) in [5, 5.41) is 4.80. The summed E-state index contributed by atoms with van der Waals surface area (Å²) in [6, 6.07) is 69.3. The lowest BCUT2D eigenvalue weighted by Gasteiger charge is -2.16. The van der Waals surface area contributed by atoms with Gasteiger partial charge in [-0.15, -0.1) is 11.3 Å². The van der Waals surface area contributed by atoms with E-state index in [1.165, 1.54) is 42.4 Å². The molecule has 0 aliphatic carbocycles. The molecule has 268 valence electrons. The highest BCUT2D eigenvalue weighted by Gasteiger charge is 2.20. The molecule has 2 nitrogen and oxygen atoms in total. The van der Waals surface area contributed by atoms with E-state index in [4.69, 9.17) is 9.40 Å². The molecule has 3 aromatic heterocycles. The predicted molar refractivity (Wildman–Crippen MR) is 242 cm³/mol. The third-order valence-corrected chi connectivity index (χ3v) is 12.6. The Morgan fingerprint density at radius 2 is 0.930 bits per heavy atom. The van der Waals surface area contributed by atoms with Crippen LogP contribution in [0, 0.1) is 6.92 Å². The molecule has 3 heterocycles. The maximum Gasteiger partial charge on any atom is 0.143 e. The molecule has 0 saturated heterocycles. The first kappa shape index (κ1) is 33.3. The van der Waals surface area contributed by atoms with E-state index in [1.807, 2.05) is 11.3 Å². The molecule has 0 spiro atoms. The molecule has 11 aromatic rings. The molecular formula is C54H35NOS. The minimum atomic E-state index is 0.882. The van der Waals surface area contributed by atoms with Crippen molar-refractivity contribution in [2.75, 3.05) is 0 Å². The number of hydrogen-bond donors (Lipinski definition) is 0. The number of rotatable bonds is 6. The summed E-state index contributed by atoms with van der Waals surface area (Å²) in [6.45, 7) is 2.19. The molecule has 0 bridgehead atoms. The molecule has 8 aromatic carbocycles. The van der Waals surface area contributed by atoms with Crippen LogP contribution in [-0.2, 0) is 0 Å². The van der Waals surface area contributed by atoms with Crippen molar-refractivity contribution in [3.8, 4) is 67.0 Å². The van der Waals surface area contributed by atoms with Gasteiger partial charge >= 0.3 is 0 Å². The highest BCUT2D eigenvalue weighted by molar-refractivity contribution is 7.26. The Kier molecular flexibility index (Phi) is 7.94. The van der Waals surface area contributed by atoms with Crippen LogP contribution in [0.3, 0.4) is 0 Å². The molecule has 0 aliphatic heterocycles. The fourth-order valence-corrected chi connectivity index (χ4v) is 9.94. The predicted octanol–water partition coefficient (Wildman–Crippen LogP) is 15.7. The zero-order chi connectivity index (χ0) is 37.9. The van der Waals surface area contributed by atoms with Crippen molar-refractivity contribution < 1.29 is 4.42 Å². The van der Waals surface area contributed by atoms with Crippen molar-refractivity contribution in [2.45, 2.75) is 6.92 Å². The summed E-state index contributed by atoms with van der Waals surface area (Å²) in [4.78, 5) is 5.22. The summed E-state index contributed by atoms with van der Waals surface area (Å²) < 4.78 is 9.46. The number of benzene rings is 8. The molecular weight excluding hydrogens is 711 g/mol. The largest absolute Gasteiger partial charge is 0.455 e. The minimum absolute atomic E-state index is 0.882. The standard InChI is InChI=1S/C54H35NOS/c1-34-47(33-48(36-18-7-3-8-19-36)55-51(34)37-20-9-4-10-21-37)39-23-11-22-38(32-39)40-24-15-31-49-50(40)46-30-13-26-42(52(46)56-49)43-27-14-29-45-44-28-12-25-41(53(44)57-54(43)45)35-16-5-2-6-17-35/h2-33H,1H3. The Bertz CT molecular complexity index is 3290. The summed E-state index contributed by atoms with van der Waals surface area (Å²) in [5.41, 5.74) is 16.5. The zero-order valence-electron chi connectivity index (χ0n) is 31.2. The zero-order valence-corrected chi connectivity index (χ0v) is 32.1. The first-order chi connectivity index (χ1) is 28.2. The summed E-state index contributed by atoms with van der Waals surface area (Å²) in [6.07, 6.45) is 0. The fraction of sp³-hybridized carbons (Fsp3) is 0.0185. The molecule has 3 heteroatoms. The van der Waals surface area contributed by atoms with Crippen molar-refractivity contribution in [1.82, 2.24) is 4.98 Å². The van der Waals surface area contributed by atoms with Gasteiger partial charge in [-0.05, 0) is 64.1 Å². The van der Waals surface area contributed by atoms with Crippen LogP contribution in [0.15, 0.2) is 199 Å². The highest BCUT2D eigenvalue weighted by atomic mass is 32.1. The van der Waals surface area contributed by atoms with Gasteiger partial charge in [0.1, 0.15) is 11.2 Å². The number of thiophene rings is 1. The van der Waals surface area contributed by atoms with Gasteiger partial charge in [-0.3, -0.25) is 0 Å². The van der Waals surface area contributed by atoms with Gasteiger partial charge in [0.25, 0.3) is 0 Å². The van der Waals surface area contributed by atoms with Crippen molar-refractivity contribution >= 4 is 53.4 Å². The van der Waals surface area contributed by atoms with Crippen LogP contribution < -0.4 is 0 Å². The lowest BCUT2D eigenvalue weighted by Crippen LogP contribution is -1.96. The van der Waals surface area contributed by atoms with Crippen LogP contribution in [0.2, 0.25) is 0 Å². The molecule has 11 rings (SSSR count). The molecule has 0 N–H and O–H groups in total. The number of fused-ring (bicyclic) bond motifs is 6. The van der Waals surface area contributed by atoms with Crippen LogP contribution in [0.25, 0.3) is 109 Å². The number of nitrogens with zero attached hydrogens (tertiary/aromatic N) is 1. The van der Waals surface area contributed by atoms with Gasteiger partial charge in [0, 0.05) is 53.2 Å². The van der Waals surface area contributed by atoms with E-state index in [-0.39, 0.29) is 0 Å². The van der Waals surface area contributed by atoms with Gasteiger partial charge in [-0.25, -0.2) is 4.98 Å². The van der Waals surface area contributed by atoms with E-state index in [9.17, 15) is 0 Å². The summed E-state index contributed by atoms with van der Waals surface area (Å²) >= 11 is 1.87. The number of para-hydroxylation sites is 1. The number of aromatic nitrogens is 1. The normalized spacial score (nSPS) is 11.6. The number of hydrogen-bond acceptors (Lipinski definition) is 3. The molecule has 57 heavy (non-hydrogen) atoms. The van der Waals surface area contributed by atoms with Crippen molar-refractivity contribution in [1.29, 1.82) is 0 Å². The van der Waals surface area contributed by atoms with Crippen LogP contribution in [0.4, 0.5) is 0 Å². The average molecular weight is 746 g/mol. The number of pyridine rings is 1. The topological polar surface area (TPSA) is 26.0 Å². The smallest absolute Gasteiger partial charge is 0.143 e. The molecule has 0 atom stereocenters. The summed E-state index contributed by atoms with van der Waals surface area (Å²) in [5.74, 6) is 0. The monoisotopic (exact) mass is 745 g/mol. The van der Waals surface area contributed by atoms with E-state index in [1.54, 1.807) is 0 Å². The Morgan fingerprint density at radius 1 is 0.404 bits per heavy atom. The minimum Gasteiger partial charge on any atom is -0.455 e. The van der Waals surface area contributed by atoms with Gasteiger partial charge in [0.15, 0.2) is 0 Å². The lowest BCUT2D eigenvalue weighted by atomic mass is 9.91. The Balaban J connectivity index is 1.07. The number of furan rings is 1. The first-order valence-corrected chi connectivity index (χ1v) is 20.2. The quantitative estimate of drug-likeness (QED) is 0.169. The molecule has 0 fully saturated rings. The van der Waals surface area contributed by atoms with E-state index in [0.29, 0.717) is 0 Å². The van der Waals surface area contributed by atoms with Crippen LogP contribution in [-0.4, -0.2) is 4.98 Å². The lowest BCUT2D eigenvalue weighted by molar-refractivity contribution is 0.670.